The highest BCUT2D eigenvalue weighted by Crippen LogP contribution is 2.70. The minimum Gasteiger partial charge on any atom is -0.457 e. The number of rotatable bonds is 5. The Labute approximate surface area is 258 Å². The number of carbonyl (C=O) groups is 3. The summed E-state index contributed by atoms with van der Waals surface area (Å²) < 4.78 is 175. The van der Waals surface area contributed by atoms with Gasteiger partial charge < -0.3 is 19.3 Å². The van der Waals surface area contributed by atoms with Crippen molar-refractivity contribution in [3.05, 3.63) is 23.8 Å². The van der Waals surface area contributed by atoms with Crippen LogP contribution in [0.4, 0.5) is 0 Å². The number of Topliss-reactive ketones (excluding diaryl/α,β-unsaturated/α-hetero) is 1. The third kappa shape index (κ3) is 3.97. The number of hydrogen-bond acceptors (Lipinski definition) is 7. The topological polar surface area (TPSA) is 99.1 Å². The molecule has 5 fully saturated rings. The maximum atomic E-state index is 14.9. The van der Waals surface area contributed by atoms with Crippen LogP contribution in [0.5, 0.6) is 0 Å². The molecule has 5 aliphatic carbocycles. The number of aliphatic hydroxyl groups excluding tert-OH is 1. The van der Waals surface area contributed by atoms with Gasteiger partial charge in [-0.05, 0) is 62.4 Å². The molecule has 4 saturated carbocycles. The summed E-state index contributed by atoms with van der Waals surface area (Å²) in [5.74, 6) is -14.0. The molecule has 39 heavy (non-hydrogen) atoms. The van der Waals surface area contributed by atoms with Gasteiger partial charge in [-0.25, -0.2) is 0 Å². The number of aliphatic hydroxyl groups is 1. The van der Waals surface area contributed by atoms with Crippen molar-refractivity contribution in [1.29, 1.82) is 0 Å². The van der Waals surface area contributed by atoms with Gasteiger partial charge in [0.05, 0.1) is 19.5 Å². The highest BCUT2D eigenvalue weighted by atomic mass is 16.7. The summed E-state index contributed by atoms with van der Waals surface area (Å²) in [6, 6.07) is 0. The molecule has 1 heterocycles. The van der Waals surface area contributed by atoms with Gasteiger partial charge in [0.25, 0.3) is 0 Å². The minimum absolute atomic E-state index is 0.258. The van der Waals surface area contributed by atoms with Crippen LogP contribution in [0.2, 0.25) is 0 Å². The van der Waals surface area contributed by atoms with E-state index in [-0.39, 0.29) is 12.2 Å². The Morgan fingerprint density at radius 3 is 2.82 bits per heavy atom. The smallest absolute Gasteiger partial charge is 0.308 e. The average Bonchev–Trinajstić information content (AvgIpc) is 3.52. The Kier molecular flexibility index (Phi) is 3.21. The number of allylic oxidation sites excluding steroid dienone is 4. The first-order valence-electron chi connectivity index (χ1n) is 22.5. The first-order chi connectivity index (χ1) is 25.8. The van der Waals surface area contributed by atoms with Gasteiger partial charge in [-0.3, -0.25) is 14.4 Å². The van der Waals surface area contributed by atoms with Gasteiger partial charge in [-0.1, -0.05) is 58.3 Å². The summed E-state index contributed by atoms with van der Waals surface area (Å²) in [7, 11) is 0. The normalized spacial score (nSPS) is 62.5. The quantitative estimate of drug-likeness (QED) is 0.487. The molecule has 6 rings (SSSR count). The number of carbonyl (C=O) groups excluding carboxylic acids is 3. The van der Waals surface area contributed by atoms with Crippen molar-refractivity contribution in [2.24, 2.45) is 40.4 Å². The average molecular weight is 560 g/mol. The summed E-state index contributed by atoms with van der Waals surface area (Å²) >= 11 is 0. The summed E-state index contributed by atoms with van der Waals surface area (Å²) in [4.78, 5) is 40.5. The SMILES string of the molecule is [2H]C([2H])([2H])C([2H])(C(=O)OCC(=O)[C@@]12O[C@]([2H])(C3([2H])C([2H])([2H])C([2H])([2H])C([2H])([2H])C([2H])([2H])C3([2H])[2H])O[C@@H]1C[C@H]1[C@@H]3CCC4=CC(=O)C=C[C@]4(C)[C@H]3[C@@H](O)C[C@@]12C)C([2H])([2H])[2H]. The molecule has 0 aromatic rings. The molecule has 214 valence electrons. The third-order valence-corrected chi connectivity index (χ3v) is 9.82. The fourth-order valence-corrected chi connectivity index (χ4v) is 8.24. The van der Waals surface area contributed by atoms with E-state index in [2.05, 4.69) is 0 Å². The second-order valence-corrected chi connectivity index (χ2v) is 11.6. The van der Waals surface area contributed by atoms with E-state index in [4.69, 9.17) is 37.5 Å². The molecule has 0 spiro atoms. The molecule has 6 aliphatic rings. The lowest BCUT2D eigenvalue weighted by atomic mass is 9.46. The number of hydrogen-bond donors (Lipinski definition) is 1. The standard InChI is InChI=1S/C32H44O7/c1-18(2)28(36)37-17-25(35)32-26(38-29(39-32)19-8-6-5-7-9-19)15-23-22-11-10-20-14-21(33)12-13-30(20,3)27(22)24(34)16-31(23,32)4/h12-14,18-19,22-24,26-27,29,34H,5-11,15-17H2,1-4H3/t22-,23-,24-,26+,27+,29+,30-,31-,32+/m0/s1/i1D3,2D3,5D2,6D2,7D2,8D2,9D2,18D,19D,29D. The molecule has 0 amide bonds. The van der Waals surface area contributed by atoms with Crippen LogP contribution in [-0.2, 0) is 28.6 Å². The number of fused-ring (bicyclic) bond motifs is 7. The molecule has 7 nitrogen and oxygen atoms in total. The van der Waals surface area contributed by atoms with E-state index in [1.54, 1.807) is 6.08 Å². The molecular weight excluding hydrogens is 496 g/mol. The van der Waals surface area contributed by atoms with E-state index >= 15 is 0 Å². The third-order valence-electron chi connectivity index (χ3n) is 9.82. The molecule has 9 atom stereocenters. The number of ether oxygens (including phenoxy) is 3. The van der Waals surface area contributed by atoms with Crippen LogP contribution in [0.1, 0.15) is 111 Å². The van der Waals surface area contributed by atoms with E-state index < -0.39 is 135 Å². The lowest BCUT2D eigenvalue weighted by Crippen LogP contribution is -2.63. The van der Waals surface area contributed by atoms with Crippen LogP contribution >= 0.6 is 0 Å². The van der Waals surface area contributed by atoms with Gasteiger partial charge in [0.2, 0.25) is 5.78 Å². The lowest BCUT2D eigenvalue weighted by Gasteiger charge is -2.59. The monoisotopic (exact) mass is 559 g/mol. The molecule has 0 aromatic carbocycles. The van der Waals surface area contributed by atoms with Crippen LogP contribution in [0.15, 0.2) is 23.8 Å². The molecule has 1 N–H and O–H groups in total. The van der Waals surface area contributed by atoms with Crippen molar-refractivity contribution in [2.45, 2.75) is 109 Å². The molecule has 0 bridgehead atoms. The summed E-state index contributed by atoms with van der Waals surface area (Å²) in [6.07, 6.45) is -23.4. The summed E-state index contributed by atoms with van der Waals surface area (Å²) in [5.41, 5.74) is -4.77. The van der Waals surface area contributed by atoms with Crippen molar-refractivity contribution in [2.75, 3.05) is 6.61 Å². The van der Waals surface area contributed by atoms with Gasteiger partial charge in [0, 0.05) is 47.3 Å². The Hall–Kier alpha value is -1.83. The second-order valence-electron chi connectivity index (χ2n) is 11.6. The first-order valence-corrected chi connectivity index (χ1v) is 13.0. The zero-order chi connectivity index (χ0) is 44.5. The fraction of sp³-hybridized carbons (Fsp3) is 0.781. The molecule has 0 radical (unpaired) electrons. The van der Waals surface area contributed by atoms with Gasteiger partial charge in [-0.15, -0.1) is 0 Å². The van der Waals surface area contributed by atoms with E-state index in [9.17, 15) is 22.2 Å². The van der Waals surface area contributed by atoms with Crippen molar-refractivity contribution < 1.29 is 59.7 Å². The largest absolute Gasteiger partial charge is 0.457 e. The van der Waals surface area contributed by atoms with Gasteiger partial charge in [0.15, 0.2) is 24.3 Å². The van der Waals surface area contributed by atoms with Gasteiger partial charge >= 0.3 is 5.97 Å². The van der Waals surface area contributed by atoms with Gasteiger partial charge in [0.1, 0.15) is 0 Å². The van der Waals surface area contributed by atoms with Crippen molar-refractivity contribution in [1.82, 2.24) is 0 Å². The number of ketones is 2. The van der Waals surface area contributed by atoms with Crippen LogP contribution in [-0.4, -0.2) is 53.3 Å². The fourth-order valence-electron chi connectivity index (χ4n) is 8.24. The van der Waals surface area contributed by atoms with E-state index in [0.29, 0.717) is 12.8 Å². The van der Waals surface area contributed by atoms with E-state index in [1.165, 1.54) is 19.1 Å². The first kappa shape index (κ1) is 13.0. The molecule has 1 aliphatic heterocycles. The van der Waals surface area contributed by atoms with Crippen molar-refractivity contribution >= 4 is 17.5 Å². The predicted octanol–water partition coefficient (Wildman–Crippen LogP) is 4.70. The van der Waals surface area contributed by atoms with E-state index in [1.807, 2.05) is 6.92 Å². The predicted molar refractivity (Wildman–Crippen MR) is 143 cm³/mol. The molecular formula is C32H44O7. The molecule has 7 heteroatoms. The Morgan fingerprint density at radius 2 is 2.08 bits per heavy atom. The Bertz CT molecular complexity index is 1830. The summed E-state index contributed by atoms with van der Waals surface area (Å²) in [5, 5.41) is 12.1. The Balaban J connectivity index is 1.51. The van der Waals surface area contributed by atoms with E-state index in [0.717, 1.165) is 5.57 Å². The lowest BCUT2D eigenvalue weighted by molar-refractivity contribution is -0.210. The molecule has 0 unspecified atom stereocenters. The highest BCUT2D eigenvalue weighted by Gasteiger charge is 2.76. The van der Waals surface area contributed by atoms with Crippen LogP contribution < -0.4 is 0 Å². The second kappa shape index (κ2) is 9.63. The Morgan fingerprint density at radius 1 is 1.31 bits per heavy atom. The van der Waals surface area contributed by atoms with Crippen LogP contribution in [0.25, 0.3) is 0 Å². The van der Waals surface area contributed by atoms with Gasteiger partial charge in [-0.2, -0.15) is 0 Å². The van der Waals surface area contributed by atoms with Crippen molar-refractivity contribution in [3.63, 3.8) is 0 Å². The number of esters is 1. The van der Waals surface area contributed by atoms with Crippen LogP contribution in [0, 0.1) is 40.4 Å². The molecule has 1 saturated heterocycles. The van der Waals surface area contributed by atoms with Crippen molar-refractivity contribution in [3.8, 4) is 0 Å². The summed E-state index contributed by atoms with van der Waals surface area (Å²) in [6.45, 7) is -6.05. The minimum atomic E-state index is -4.24. The maximum Gasteiger partial charge on any atom is 0.308 e. The highest BCUT2D eigenvalue weighted by molar-refractivity contribution is 6.01. The molecule has 0 aromatic heterocycles. The zero-order valence-electron chi connectivity index (χ0n) is 40.6. The van der Waals surface area contributed by atoms with Crippen LogP contribution in [0.3, 0.4) is 0 Å². The maximum absolute atomic E-state index is 14.9. The zero-order valence-corrected chi connectivity index (χ0v) is 21.6.